The molecule has 2 aliphatic heterocycles. The molecule has 3 aliphatic rings. The van der Waals surface area contributed by atoms with Crippen LogP contribution >= 0.6 is 0 Å². The van der Waals surface area contributed by atoms with Crippen molar-refractivity contribution in [3.8, 4) is 0 Å². The molecule has 4 nitrogen and oxygen atoms in total. The highest BCUT2D eigenvalue weighted by Crippen LogP contribution is 2.49. The van der Waals surface area contributed by atoms with Gasteiger partial charge in [0, 0.05) is 13.2 Å². The van der Waals surface area contributed by atoms with E-state index >= 15 is 0 Å². The lowest BCUT2D eigenvalue weighted by Crippen LogP contribution is -2.48. The number of hydrogen-bond donors (Lipinski definition) is 0. The summed E-state index contributed by atoms with van der Waals surface area (Å²) in [4.78, 5) is 18.0. The normalized spacial score (nSPS) is 26.1. The van der Waals surface area contributed by atoms with Crippen LogP contribution in [0.5, 0.6) is 0 Å². The van der Waals surface area contributed by atoms with Crippen molar-refractivity contribution >= 4 is 5.91 Å². The molecular formula is C27H42N2O2. The number of benzene rings is 1. The van der Waals surface area contributed by atoms with Crippen LogP contribution < -0.4 is 0 Å². The van der Waals surface area contributed by atoms with Crippen molar-refractivity contribution in [2.24, 2.45) is 5.41 Å². The van der Waals surface area contributed by atoms with Crippen molar-refractivity contribution in [1.29, 1.82) is 0 Å². The van der Waals surface area contributed by atoms with Gasteiger partial charge in [0.25, 0.3) is 5.91 Å². The second-order valence-corrected chi connectivity index (χ2v) is 11.2. The van der Waals surface area contributed by atoms with Crippen molar-refractivity contribution in [1.82, 2.24) is 9.80 Å². The standard InChI is InChI=1S/C27H42N2O2/c1-5-29(25(30)24-11-8-20-31-24)23-12-13-27(22-10-7-6-9-21(22)23)15-18-28(19-16-27)17-14-26(2,3)4/h6-7,9-10,23-24H,5,8,11-20H2,1-4H3/t23-,24?/m0/s1. The van der Waals surface area contributed by atoms with Gasteiger partial charge >= 0.3 is 0 Å². The molecule has 0 N–H and O–H groups in total. The Bertz CT molecular complexity index is 755. The van der Waals surface area contributed by atoms with Crippen LogP contribution in [0.4, 0.5) is 0 Å². The minimum absolute atomic E-state index is 0.197. The maximum absolute atomic E-state index is 13.2. The molecule has 172 valence electrons. The molecule has 1 unspecified atom stereocenters. The molecule has 0 bridgehead atoms. The molecular weight excluding hydrogens is 384 g/mol. The van der Waals surface area contributed by atoms with Crippen LogP contribution in [-0.2, 0) is 14.9 Å². The summed E-state index contributed by atoms with van der Waals surface area (Å²) in [6.45, 7) is 14.2. The monoisotopic (exact) mass is 426 g/mol. The van der Waals surface area contributed by atoms with Crippen LogP contribution in [0.25, 0.3) is 0 Å². The number of piperidine rings is 1. The number of hydrogen-bond acceptors (Lipinski definition) is 3. The van der Waals surface area contributed by atoms with E-state index in [-0.39, 0.29) is 23.5 Å². The summed E-state index contributed by atoms with van der Waals surface area (Å²) < 4.78 is 5.75. The molecule has 1 spiro atoms. The molecule has 1 aromatic rings. The minimum Gasteiger partial charge on any atom is -0.368 e. The molecule has 0 aromatic heterocycles. The second-order valence-electron chi connectivity index (χ2n) is 11.2. The second kappa shape index (κ2) is 9.23. The largest absolute Gasteiger partial charge is 0.368 e. The van der Waals surface area contributed by atoms with E-state index in [0.717, 1.165) is 32.4 Å². The van der Waals surface area contributed by atoms with Crippen LogP contribution in [0.15, 0.2) is 24.3 Å². The third kappa shape index (κ3) is 4.85. The molecule has 2 fully saturated rings. The van der Waals surface area contributed by atoms with Crippen LogP contribution in [0.2, 0.25) is 0 Å². The van der Waals surface area contributed by atoms with Crippen LogP contribution in [0.3, 0.4) is 0 Å². The van der Waals surface area contributed by atoms with Crippen molar-refractivity contribution in [2.45, 2.75) is 90.2 Å². The Hall–Kier alpha value is -1.39. The fourth-order valence-electron chi connectivity index (χ4n) is 6.00. The average molecular weight is 427 g/mol. The van der Waals surface area contributed by atoms with E-state index in [0.29, 0.717) is 5.41 Å². The third-order valence-corrected chi connectivity index (χ3v) is 7.98. The summed E-state index contributed by atoms with van der Waals surface area (Å²) in [6, 6.07) is 9.21. The predicted octanol–water partition coefficient (Wildman–Crippen LogP) is 5.32. The van der Waals surface area contributed by atoms with Gasteiger partial charge in [0.1, 0.15) is 6.10 Å². The van der Waals surface area contributed by atoms with Gasteiger partial charge in [0.15, 0.2) is 0 Å². The number of likely N-dealkylation sites (N-methyl/N-ethyl adjacent to an activating group) is 1. The average Bonchev–Trinajstić information content (AvgIpc) is 3.30. The molecule has 1 amide bonds. The number of carbonyl (C=O) groups excluding carboxylic acids is 1. The smallest absolute Gasteiger partial charge is 0.252 e. The highest BCUT2D eigenvalue weighted by molar-refractivity contribution is 5.81. The molecule has 0 saturated carbocycles. The van der Waals surface area contributed by atoms with E-state index in [1.165, 1.54) is 56.4 Å². The molecule has 2 heterocycles. The van der Waals surface area contributed by atoms with Gasteiger partial charge in [-0.25, -0.2) is 0 Å². The molecule has 31 heavy (non-hydrogen) atoms. The van der Waals surface area contributed by atoms with Gasteiger partial charge in [-0.1, -0.05) is 45.0 Å². The van der Waals surface area contributed by atoms with Crippen LogP contribution in [-0.4, -0.2) is 54.6 Å². The molecule has 1 aromatic carbocycles. The van der Waals surface area contributed by atoms with Crippen LogP contribution in [0.1, 0.15) is 89.8 Å². The first-order valence-electron chi connectivity index (χ1n) is 12.6. The number of carbonyl (C=O) groups is 1. The minimum atomic E-state index is -0.228. The number of likely N-dealkylation sites (tertiary alicyclic amines) is 1. The van der Waals surface area contributed by atoms with E-state index in [9.17, 15) is 4.79 Å². The third-order valence-electron chi connectivity index (χ3n) is 7.98. The molecule has 4 rings (SSSR count). The highest BCUT2D eigenvalue weighted by Gasteiger charge is 2.44. The number of rotatable bonds is 5. The summed E-state index contributed by atoms with van der Waals surface area (Å²) in [5, 5.41) is 0. The van der Waals surface area contributed by atoms with Gasteiger partial charge in [-0.3, -0.25) is 4.79 Å². The van der Waals surface area contributed by atoms with E-state index in [4.69, 9.17) is 4.74 Å². The van der Waals surface area contributed by atoms with E-state index in [2.05, 4.69) is 61.8 Å². The topological polar surface area (TPSA) is 32.8 Å². The fourth-order valence-corrected chi connectivity index (χ4v) is 6.00. The zero-order valence-corrected chi connectivity index (χ0v) is 20.2. The summed E-state index contributed by atoms with van der Waals surface area (Å²) in [5.41, 5.74) is 3.60. The lowest BCUT2D eigenvalue weighted by atomic mass is 9.63. The van der Waals surface area contributed by atoms with Gasteiger partial charge in [-0.2, -0.15) is 0 Å². The first-order valence-corrected chi connectivity index (χ1v) is 12.6. The van der Waals surface area contributed by atoms with Crippen molar-refractivity contribution in [3.63, 3.8) is 0 Å². The van der Waals surface area contributed by atoms with Crippen molar-refractivity contribution < 1.29 is 9.53 Å². The summed E-state index contributed by atoms with van der Waals surface area (Å²) in [6.07, 6.45) is 7.66. The first kappa shape index (κ1) is 22.8. The van der Waals surface area contributed by atoms with Gasteiger partial charge in [-0.15, -0.1) is 0 Å². The Morgan fingerprint density at radius 2 is 1.90 bits per heavy atom. The molecule has 2 atom stereocenters. The van der Waals surface area contributed by atoms with Gasteiger partial charge in [-0.05, 0) is 93.5 Å². The highest BCUT2D eigenvalue weighted by atomic mass is 16.5. The maximum atomic E-state index is 13.2. The number of amides is 1. The Kier molecular flexibility index (Phi) is 6.79. The zero-order valence-electron chi connectivity index (χ0n) is 20.2. The molecule has 4 heteroatoms. The number of fused-ring (bicyclic) bond motifs is 2. The molecule has 0 radical (unpaired) electrons. The number of ether oxygens (including phenoxy) is 1. The van der Waals surface area contributed by atoms with Gasteiger partial charge in [0.2, 0.25) is 0 Å². The van der Waals surface area contributed by atoms with E-state index in [1.807, 2.05) is 0 Å². The fraction of sp³-hybridized carbons (Fsp3) is 0.741. The lowest BCUT2D eigenvalue weighted by Gasteiger charge is -2.49. The van der Waals surface area contributed by atoms with Gasteiger partial charge < -0.3 is 14.5 Å². The van der Waals surface area contributed by atoms with Gasteiger partial charge in [0.05, 0.1) is 6.04 Å². The number of nitrogens with zero attached hydrogens (tertiary/aromatic N) is 2. The SMILES string of the molecule is CCN(C(=O)C1CCCO1)[C@H]1CCC2(CCN(CCC(C)(C)C)CC2)c2ccccc21. The zero-order chi connectivity index (χ0) is 22.1. The Labute approximate surface area is 189 Å². The van der Waals surface area contributed by atoms with Crippen molar-refractivity contribution in [3.05, 3.63) is 35.4 Å². The Balaban J connectivity index is 1.51. The summed E-state index contributed by atoms with van der Waals surface area (Å²) >= 11 is 0. The Morgan fingerprint density at radius 3 is 2.55 bits per heavy atom. The van der Waals surface area contributed by atoms with Crippen LogP contribution in [0, 0.1) is 5.41 Å². The summed E-state index contributed by atoms with van der Waals surface area (Å²) in [5.74, 6) is 0.202. The van der Waals surface area contributed by atoms with E-state index in [1.54, 1.807) is 0 Å². The molecule has 2 saturated heterocycles. The van der Waals surface area contributed by atoms with Crippen molar-refractivity contribution in [2.75, 3.05) is 32.8 Å². The quantitative estimate of drug-likeness (QED) is 0.639. The first-order chi connectivity index (χ1) is 14.8. The summed E-state index contributed by atoms with van der Waals surface area (Å²) in [7, 11) is 0. The maximum Gasteiger partial charge on any atom is 0.252 e. The predicted molar refractivity (Wildman–Crippen MR) is 126 cm³/mol. The molecule has 1 aliphatic carbocycles. The Morgan fingerprint density at radius 1 is 1.16 bits per heavy atom. The van der Waals surface area contributed by atoms with E-state index < -0.39 is 0 Å². The lowest BCUT2D eigenvalue weighted by molar-refractivity contribution is -0.143.